The van der Waals surface area contributed by atoms with Crippen LogP contribution in [0.15, 0.2) is 18.2 Å². The first-order chi connectivity index (χ1) is 9.15. The molecule has 1 aromatic rings. The summed E-state index contributed by atoms with van der Waals surface area (Å²) in [6.07, 6.45) is 4.42. The van der Waals surface area contributed by atoms with Crippen LogP contribution >= 0.6 is 11.6 Å². The van der Waals surface area contributed by atoms with Crippen molar-refractivity contribution < 1.29 is 9.47 Å². The van der Waals surface area contributed by atoms with Crippen molar-refractivity contribution in [2.24, 2.45) is 5.73 Å². The highest BCUT2D eigenvalue weighted by atomic mass is 35.5. The van der Waals surface area contributed by atoms with Gasteiger partial charge in [0.25, 0.3) is 0 Å². The van der Waals surface area contributed by atoms with Crippen LogP contribution in [0.2, 0.25) is 5.02 Å². The van der Waals surface area contributed by atoms with E-state index in [-0.39, 0.29) is 6.04 Å². The van der Waals surface area contributed by atoms with Crippen molar-refractivity contribution >= 4 is 11.6 Å². The Hall–Kier alpha value is -0.770. The maximum Gasteiger partial charge on any atom is 0.137 e. The Bertz CT molecular complexity index is 403. The summed E-state index contributed by atoms with van der Waals surface area (Å²) in [5.74, 6) is 0.744. The minimum Gasteiger partial charge on any atom is -0.492 e. The maximum atomic E-state index is 6.21. The second kappa shape index (κ2) is 7.13. The van der Waals surface area contributed by atoms with Crippen molar-refractivity contribution in [2.75, 3.05) is 13.2 Å². The zero-order chi connectivity index (χ0) is 13.7. The summed E-state index contributed by atoms with van der Waals surface area (Å²) in [6, 6.07) is 6.03. The summed E-state index contributed by atoms with van der Waals surface area (Å²) in [5, 5.41) is 0.658. The lowest BCUT2D eigenvalue weighted by Gasteiger charge is -2.13. The molecule has 2 atom stereocenters. The van der Waals surface area contributed by atoms with E-state index in [0.29, 0.717) is 17.7 Å². The largest absolute Gasteiger partial charge is 0.492 e. The molecule has 1 aliphatic heterocycles. The van der Waals surface area contributed by atoms with Crippen LogP contribution < -0.4 is 10.5 Å². The van der Waals surface area contributed by atoms with Crippen molar-refractivity contribution in [3.63, 3.8) is 0 Å². The van der Waals surface area contributed by atoms with Gasteiger partial charge in [-0.25, -0.2) is 0 Å². The minimum absolute atomic E-state index is 0.141. The van der Waals surface area contributed by atoms with Crippen LogP contribution in [0.4, 0.5) is 0 Å². The molecule has 1 fully saturated rings. The average molecular weight is 284 g/mol. The molecule has 0 saturated carbocycles. The van der Waals surface area contributed by atoms with Gasteiger partial charge in [-0.05, 0) is 43.9 Å². The average Bonchev–Trinajstić information content (AvgIpc) is 2.84. The second-order valence-electron chi connectivity index (χ2n) is 5.22. The fourth-order valence-corrected chi connectivity index (χ4v) is 2.59. The first-order valence-electron chi connectivity index (χ1n) is 6.93. The van der Waals surface area contributed by atoms with Crippen LogP contribution in [0.3, 0.4) is 0 Å². The van der Waals surface area contributed by atoms with E-state index in [0.717, 1.165) is 43.6 Å². The minimum atomic E-state index is 0.141. The number of halogens is 1. The van der Waals surface area contributed by atoms with Gasteiger partial charge in [0.15, 0.2) is 0 Å². The first-order valence-corrected chi connectivity index (χ1v) is 7.31. The van der Waals surface area contributed by atoms with E-state index in [1.807, 2.05) is 25.1 Å². The van der Waals surface area contributed by atoms with Crippen molar-refractivity contribution in [2.45, 2.75) is 44.8 Å². The van der Waals surface area contributed by atoms with Crippen LogP contribution in [-0.2, 0) is 11.2 Å². The second-order valence-corrected chi connectivity index (χ2v) is 5.63. The van der Waals surface area contributed by atoms with Gasteiger partial charge in [-0.15, -0.1) is 0 Å². The molecule has 0 bridgehead atoms. The van der Waals surface area contributed by atoms with Crippen LogP contribution in [0.1, 0.15) is 31.7 Å². The molecule has 2 rings (SSSR count). The molecule has 106 valence electrons. The SMILES string of the molecule is CC(N)Cc1ccc(OCCC2CCCO2)c(Cl)c1. The summed E-state index contributed by atoms with van der Waals surface area (Å²) in [6.45, 7) is 3.52. The van der Waals surface area contributed by atoms with Crippen molar-refractivity contribution in [1.82, 2.24) is 0 Å². The van der Waals surface area contributed by atoms with E-state index in [2.05, 4.69) is 0 Å². The Morgan fingerprint density at radius 2 is 2.37 bits per heavy atom. The zero-order valence-corrected chi connectivity index (χ0v) is 12.2. The predicted octanol–water partition coefficient (Wildman–Crippen LogP) is 3.18. The highest BCUT2D eigenvalue weighted by Gasteiger charge is 2.15. The third-order valence-electron chi connectivity index (χ3n) is 3.28. The van der Waals surface area contributed by atoms with E-state index in [1.54, 1.807) is 0 Å². The van der Waals surface area contributed by atoms with Gasteiger partial charge < -0.3 is 15.2 Å². The molecule has 1 saturated heterocycles. The van der Waals surface area contributed by atoms with E-state index in [9.17, 15) is 0 Å². The number of hydrogen-bond acceptors (Lipinski definition) is 3. The number of benzene rings is 1. The van der Waals surface area contributed by atoms with Gasteiger partial charge in [0, 0.05) is 19.1 Å². The number of hydrogen-bond donors (Lipinski definition) is 1. The highest BCUT2D eigenvalue weighted by molar-refractivity contribution is 6.32. The molecule has 4 heteroatoms. The van der Waals surface area contributed by atoms with Gasteiger partial charge in [-0.3, -0.25) is 0 Å². The van der Waals surface area contributed by atoms with E-state index >= 15 is 0 Å². The lowest BCUT2D eigenvalue weighted by atomic mass is 10.1. The molecule has 1 heterocycles. The maximum absolute atomic E-state index is 6.21. The summed E-state index contributed by atoms with van der Waals surface area (Å²) >= 11 is 6.21. The molecule has 2 N–H and O–H groups in total. The first kappa shape index (κ1) is 14.6. The topological polar surface area (TPSA) is 44.5 Å². The molecule has 1 aliphatic rings. The smallest absolute Gasteiger partial charge is 0.137 e. The Kier molecular flexibility index (Phi) is 5.49. The van der Waals surface area contributed by atoms with Gasteiger partial charge >= 0.3 is 0 Å². The Morgan fingerprint density at radius 3 is 3.00 bits per heavy atom. The molecule has 0 spiro atoms. The molecule has 2 unspecified atom stereocenters. The molecular formula is C15H22ClNO2. The van der Waals surface area contributed by atoms with Crippen molar-refractivity contribution in [3.8, 4) is 5.75 Å². The zero-order valence-electron chi connectivity index (χ0n) is 11.4. The number of rotatable bonds is 6. The summed E-state index contributed by atoms with van der Waals surface area (Å²) < 4.78 is 11.3. The van der Waals surface area contributed by atoms with Gasteiger partial charge in [0.05, 0.1) is 17.7 Å². The van der Waals surface area contributed by atoms with Crippen LogP contribution in [0.5, 0.6) is 5.75 Å². The fraction of sp³-hybridized carbons (Fsp3) is 0.600. The number of ether oxygens (including phenoxy) is 2. The van der Waals surface area contributed by atoms with Crippen LogP contribution in [0, 0.1) is 0 Å². The summed E-state index contributed by atoms with van der Waals surface area (Å²) in [5.41, 5.74) is 6.92. The molecule has 0 aromatic heterocycles. The van der Waals surface area contributed by atoms with Gasteiger partial charge in [-0.1, -0.05) is 17.7 Å². The molecule has 0 radical (unpaired) electrons. The lowest BCUT2D eigenvalue weighted by Crippen LogP contribution is -2.17. The Labute approximate surface area is 120 Å². The van der Waals surface area contributed by atoms with Crippen molar-refractivity contribution in [3.05, 3.63) is 28.8 Å². The molecule has 0 amide bonds. The number of nitrogens with two attached hydrogens (primary N) is 1. The van der Waals surface area contributed by atoms with Crippen LogP contribution in [-0.4, -0.2) is 25.4 Å². The molecule has 0 aliphatic carbocycles. The van der Waals surface area contributed by atoms with E-state index in [4.69, 9.17) is 26.8 Å². The quantitative estimate of drug-likeness (QED) is 0.872. The van der Waals surface area contributed by atoms with Gasteiger partial charge in [0.1, 0.15) is 5.75 Å². The van der Waals surface area contributed by atoms with Gasteiger partial charge in [-0.2, -0.15) is 0 Å². The van der Waals surface area contributed by atoms with Gasteiger partial charge in [0.2, 0.25) is 0 Å². The molecular weight excluding hydrogens is 262 g/mol. The molecule has 1 aromatic carbocycles. The molecule has 3 nitrogen and oxygen atoms in total. The van der Waals surface area contributed by atoms with Crippen LogP contribution in [0.25, 0.3) is 0 Å². The van der Waals surface area contributed by atoms with E-state index in [1.165, 1.54) is 0 Å². The Morgan fingerprint density at radius 1 is 1.53 bits per heavy atom. The van der Waals surface area contributed by atoms with Crippen molar-refractivity contribution in [1.29, 1.82) is 0 Å². The highest BCUT2D eigenvalue weighted by Crippen LogP contribution is 2.26. The third-order valence-corrected chi connectivity index (χ3v) is 3.57. The normalized spacial score (nSPS) is 20.5. The predicted molar refractivity (Wildman–Crippen MR) is 77.9 cm³/mol. The van der Waals surface area contributed by atoms with E-state index < -0.39 is 0 Å². The third kappa shape index (κ3) is 4.68. The summed E-state index contributed by atoms with van der Waals surface area (Å²) in [7, 11) is 0. The fourth-order valence-electron chi connectivity index (χ4n) is 2.33. The Balaban J connectivity index is 1.82. The standard InChI is InChI=1S/C15H22ClNO2/c1-11(17)9-12-4-5-15(14(16)10-12)19-8-6-13-3-2-7-18-13/h4-5,10-11,13H,2-3,6-9,17H2,1H3. The summed E-state index contributed by atoms with van der Waals surface area (Å²) in [4.78, 5) is 0. The molecule has 19 heavy (non-hydrogen) atoms. The lowest BCUT2D eigenvalue weighted by molar-refractivity contribution is 0.0904. The monoisotopic (exact) mass is 283 g/mol.